The Morgan fingerprint density at radius 1 is 1.00 bits per heavy atom. The molecule has 0 spiro atoms. The third-order valence-corrected chi connectivity index (χ3v) is 10.4. The highest BCUT2D eigenvalue weighted by Gasteiger charge is 2.50. The first-order valence-electron chi connectivity index (χ1n) is 14.9. The zero-order chi connectivity index (χ0) is 31.8. The summed E-state index contributed by atoms with van der Waals surface area (Å²) in [6, 6.07) is 33.0. The van der Waals surface area contributed by atoms with Crippen LogP contribution >= 0.6 is 36.2 Å². The van der Waals surface area contributed by atoms with Crippen LogP contribution in [0.1, 0.15) is 39.7 Å². The molecule has 1 N–H and O–H groups in total. The maximum atomic E-state index is 12.2. The molecule has 7 rings (SSSR count). The van der Waals surface area contributed by atoms with Crippen LogP contribution in [0.5, 0.6) is 5.75 Å². The highest BCUT2D eigenvalue weighted by Crippen LogP contribution is 2.58. The molecule has 0 saturated carbocycles. The standard InChI is InChI=1S/C37H29ClN2O4S2/c1-23-19-30-32(43-22-28-16-13-26(20-39-28)25-7-3-2-4-8-25)18-17-31-34(30)35(44-23)36(46-33-10-6-5-9-29(33)37(41)42)40(31,45)21-24-11-14-27(38)15-12-24/h2-18,20,23,45H,19,21-22H2,1H3/p+1. The number of thiol groups is 1. The van der Waals surface area contributed by atoms with Crippen molar-refractivity contribution in [3.05, 3.63) is 147 Å². The lowest BCUT2D eigenvalue weighted by atomic mass is 9.96. The summed E-state index contributed by atoms with van der Waals surface area (Å²) in [6.45, 7) is 2.84. The lowest BCUT2D eigenvalue weighted by Gasteiger charge is -2.29. The summed E-state index contributed by atoms with van der Waals surface area (Å²) in [5.74, 6) is 0.483. The van der Waals surface area contributed by atoms with Gasteiger partial charge in [0, 0.05) is 45.3 Å². The van der Waals surface area contributed by atoms with Gasteiger partial charge in [0.2, 0.25) is 10.8 Å². The maximum Gasteiger partial charge on any atom is 0.336 e. The third kappa shape index (κ3) is 5.78. The molecule has 0 bridgehead atoms. The molecular weight excluding hydrogens is 636 g/mol. The Labute approximate surface area is 282 Å². The molecule has 0 aliphatic carbocycles. The summed E-state index contributed by atoms with van der Waals surface area (Å²) in [5, 5.41) is 11.4. The first-order valence-corrected chi connectivity index (χ1v) is 16.5. The molecule has 0 saturated heterocycles. The summed E-state index contributed by atoms with van der Waals surface area (Å²) in [6.07, 6.45) is 2.39. The van der Waals surface area contributed by atoms with Gasteiger partial charge >= 0.3 is 5.97 Å². The van der Waals surface area contributed by atoms with E-state index in [1.165, 1.54) is 11.8 Å². The summed E-state index contributed by atoms with van der Waals surface area (Å²) < 4.78 is 13.1. The van der Waals surface area contributed by atoms with Gasteiger partial charge < -0.3 is 14.6 Å². The van der Waals surface area contributed by atoms with Gasteiger partial charge in [0.25, 0.3) is 0 Å². The normalized spacial score (nSPS) is 18.2. The van der Waals surface area contributed by atoms with E-state index in [0.717, 1.165) is 50.0 Å². The first kappa shape index (κ1) is 30.4. The monoisotopic (exact) mass is 665 g/mol. The van der Waals surface area contributed by atoms with E-state index in [-0.39, 0.29) is 15.6 Å². The molecular formula is C37H30ClN2O4S2+. The van der Waals surface area contributed by atoms with Gasteiger partial charge in [-0.2, -0.15) is 3.89 Å². The zero-order valence-corrected chi connectivity index (χ0v) is 27.4. The molecule has 0 amide bonds. The van der Waals surface area contributed by atoms with Crippen molar-refractivity contribution < 1.29 is 19.4 Å². The SMILES string of the molecule is CC1Cc2c(OCc3ccc(-c4ccccc4)cn3)ccc3c2C(=C(Sc2ccccc2C(=O)O)[N+]3(S)Cc2ccc(Cl)cc2)O1. The number of hydrogen-bond acceptors (Lipinski definition) is 6. The van der Waals surface area contributed by atoms with Crippen LogP contribution in [0.3, 0.4) is 0 Å². The number of quaternary nitrogens is 1. The molecule has 9 heteroatoms. The van der Waals surface area contributed by atoms with Gasteiger partial charge in [-0.1, -0.05) is 72.3 Å². The Balaban J connectivity index is 1.27. The summed E-state index contributed by atoms with van der Waals surface area (Å²) in [4.78, 5) is 17.5. The number of pyridine rings is 1. The molecule has 2 atom stereocenters. The second kappa shape index (κ2) is 12.5. The molecule has 0 radical (unpaired) electrons. The number of carboxylic acid groups (broad SMARTS) is 1. The van der Waals surface area contributed by atoms with Gasteiger partial charge in [0.05, 0.1) is 29.6 Å². The quantitative estimate of drug-likeness (QED) is 0.121. The number of thioether (sulfide) groups is 1. The Kier molecular flexibility index (Phi) is 8.29. The maximum absolute atomic E-state index is 12.2. The summed E-state index contributed by atoms with van der Waals surface area (Å²) in [7, 11) is 0. The van der Waals surface area contributed by atoms with Crippen molar-refractivity contribution in [1.29, 1.82) is 0 Å². The smallest absolute Gasteiger partial charge is 0.336 e. The molecule has 2 unspecified atom stereocenters. The molecule has 1 aromatic heterocycles. The van der Waals surface area contributed by atoms with Gasteiger partial charge in [-0.25, -0.2) is 4.79 Å². The number of carboxylic acids is 1. The van der Waals surface area contributed by atoms with Crippen LogP contribution in [-0.4, -0.2) is 22.2 Å². The van der Waals surface area contributed by atoms with E-state index in [1.807, 2.05) is 85.9 Å². The van der Waals surface area contributed by atoms with Crippen molar-refractivity contribution in [1.82, 2.24) is 8.87 Å². The fourth-order valence-corrected chi connectivity index (χ4v) is 7.82. The number of hydrogen-bond donors (Lipinski definition) is 2. The molecule has 2 aliphatic heterocycles. The van der Waals surface area contributed by atoms with Gasteiger partial charge in [-0.15, -0.1) is 0 Å². The number of ether oxygens (including phenoxy) is 2. The van der Waals surface area contributed by atoms with Crippen LogP contribution in [0.4, 0.5) is 5.69 Å². The number of nitrogens with zero attached hydrogens (tertiary/aromatic N) is 2. The Bertz CT molecular complexity index is 1970. The molecule has 2 aliphatic rings. The average Bonchev–Trinajstić information content (AvgIpc) is 3.29. The molecule has 6 nitrogen and oxygen atoms in total. The molecule has 0 fully saturated rings. The lowest BCUT2D eigenvalue weighted by Crippen LogP contribution is -2.34. The number of rotatable bonds is 9. The van der Waals surface area contributed by atoms with E-state index in [1.54, 1.807) is 12.1 Å². The second-order valence-corrected chi connectivity index (χ2v) is 13.5. The fraction of sp³-hybridized carbons (Fsp3) is 0.135. The zero-order valence-electron chi connectivity index (χ0n) is 24.9. The Hall–Kier alpha value is -4.21. The van der Waals surface area contributed by atoms with E-state index < -0.39 is 5.97 Å². The molecule has 46 heavy (non-hydrogen) atoms. The summed E-state index contributed by atoms with van der Waals surface area (Å²) in [5.41, 5.74) is 7.18. The number of carbonyl (C=O) groups is 1. The van der Waals surface area contributed by atoms with Crippen LogP contribution in [0.2, 0.25) is 5.02 Å². The molecule has 230 valence electrons. The van der Waals surface area contributed by atoms with Crippen molar-refractivity contribution in [2.45, 2.75) is 37.5 Å². The average molecular weight is 666 g/mol. The van der Waals surface area contributed by atoms with Crippen LogP contribution in [0.25, 0.3) is 16.9 Å². The molecule has 5 aromatic rings. The van der Waals surface area contributed by atoms with Crippen LogP contribution < -0.4 is 8.63 Å². The largest absolute Gasteiger partial charge is 0.487 e. The predicted molar refractivity (Wildman–Crippen MR) is 187 cm³/mol. The minimum Gasteiger partial charge on any atom is -0.487 e. The topological polar surface area (TPSA) is 68.7 Å². The van der Waals surface area contributed by atoms with Gasteiger partial charge in [0.1, 0.15) is 25.0 Å². The minimum atomic E-state index is -0.987. The van der Waals surface area contributed by atoms with E-state index in [2.05, 4.69) is 23.2 Å². The van der Waals surface area contributed by atoms with E-state index in [4.69, 9.17) is 33.9 Å². The second-order valence-electron chi connectivity index (χ2n) is 11.4. The molecule has 3 heterocycles. The van der Waals surface area contributed by atoms with E-state index in [0.29, 0.717) is 35.2 Å². The van der Waals surface area contributed by atoms with Crippen molar-refractivity contribution in [2.75, 3.05) is 0 Å². The van der Waals surface area contributed by atoms with Gasteiger partial charge in [-0.3, -0.25) is 4.98 Å². The van der Waals surface area contributed by atoms with Gasteiger partial charge in [-0.05, 0) is 60.6 Å². The number of halogens is 1. The molecule has 4 aromatic carbocycles. The van der Waals surface area contributed by atoms with Crippen LogP contribution in [0.15, 0.2) is 119 Å². The number of aromatic nitrogens is 1. The van der Waals surface area contributed by atoms with Crippen molar-refractivity contribution in [3.8, 4) is 16.9 Å². The fourth-order valence-electron chi connectivity index (χ4n) is 5.97. The number of aromatic carboxylic acids is 1. The van der Waals surface area contributed by atoms with E-state index in [9.17, 15) is 9.90 Å². The minimum absolute atomic E-state index is 0.105. The van der Waals surface area contributed by atoms with Gasteiger partial charge in [0.15, 0.2) is 5.69 Å². The van der Waals surface area contributed by atoms with Crippen molar-refractivity contribution in [3.63, 3.8) is 0 Å². The van der Waals surface area contributed by atoms with Crippen LogP contribution in [0, 0.1) is 0 Å². The highest BCUT2D eigenvalue weighted by atomic mass is 35.5. The van der Waals surface area contributed by atoms with Crippen LogP contribution in [-0.2, 0) is 24.3 Å². The lowest BCUT2D eigenvalue weighted by molar-refractivity contribution is 0.0693. The Morgan fingerprint density at radius 3 is 2.50 bits per heavy atom. The Morgan fingerprint density at radius 2 is 1.76 bits per heavy atom. The van der Waals surface area contributed by atoms with Crippen molar-refractivity contribution in [2.24, 2.45) is 0 Å². The highest BCUT2D eigenvalue weighted by molar-refractivity contribution is 8.04. The van der Waals surface area contributed by atoms with E-state index >= 15 is 0 Å². The third-order valence-electron chi connectivity index (χ3n) is 8.17. The predicted octanol–water partition coefficient (Wildman–Crippen LogP) is 9.42. The first-order chi connectivity index (χ1) is 22.3. The number of benzene rings is 4. The van der Waals surface area contributed by atoms with Crippen molar-refractivity contribution >= 4 is 53.6 Å². The summed E-state index contributed by atoms with van der Waals surface area (Å²) >= 11 is 12.9.